The van der Waals surface area contributed by atoms with Gasteiger partial charge in [0, 0.05) is 51.3 Å². The highest BCUT2D eigenvalue weighted by molar-refractivity contribution is 6.09. The van der Waals surface area contributed by atoms with Gasteiger partial charge in [0.2, 0.25) is 0 Å². The Hall–Kier alpha value is -7.89. The Morgan fingerprint density at radius 3 is 2.00 bits per heavy atom. The van der Waals surface area contributed by atoms with E-state index in [1.54, 1.807) is 12.3 Å². The Labute approximate surface area is 400 Å². The quantitative estimate of drug-likeness (QED) is 0.145. The molecule has 0 bridgehead atoms. The molecule has 8 aromatic carbocycles. The average Bonchev–Trinajstić information content (AvgIpc) is 3.97. The number of pyridine rings is 1. The van der Waals surface area contributed by atoms with Crippen LogP contribution >= 0.6 is 0 Å². The SMILES string of the molecule is [2H]c1c([2H])c([2H])c(-c2cccc(-c3cccc(C(C)(C)C)c3)c2N2CN(c3cccc(Oc4ccc5c6c([2H])c([2H])c([2H])c([2H])c6n(-c6cc(C(C)(C)c7ccccc7)ccn6)c5c4)c3)c3ccccc32)c([2H])c1[2H]. The minimum absolute atomic E-state index is 0.116. The smallest absolute Gasteiger partial charge is 0.137 e. The summed E-state index contributed by atoms with van der Waals surface area (Å²) in [6.45, 7) is 11.1. The monoisotopic (exact) mass is 865 g/mol. The number of anilines is 4. The van der Waals surface area contributed by atoms with Gasteiger partial charge in [-0.1, -0.05) is 174 Å². The van der Waals surface area contributed by atoms with Crippen LogP contribution in [0.5, 0.6) is 11.5 Å². The Morgan fingerprint density at radius 2 is 1.20 bits per heavy atom. The van der Waals surface area contributed by atoms with Crippen molar-refractivity contribution in [3.05, 3.63) is 229 Å². The van der Waals surface area contributed by atoms with Gasteiger partial charge in [0.1, 0.15) is 24.0 Å². The molecule has 0 saturated carbocycles. The molecule has 0 atom stereocenters. The molecule has 0 radical (unpaired) electrons. The lowest BCUT2D eigenvalue weighted by molar-refractivity contribution is 0.483. The molecule has 10 aromatic rings. The third-order valence-electron chi connectivity index (χ3n) is 12.8. The van der Waals surface area contributed by atoms with Gasteiger partial charge in [-0.3, -0.25) is 4.57 Å². The molecule has 0 N–H and O–H groups in total. The Kier molecular flexibility index (Phi) is 7.86. The van der Waals surface area contributed by atoms with Gasteiger partial charge in [-0.15, -0.1) is 0 Å². The van der Waals surface area contributed by atoms with E-state index in [2.05, 4.69) is 74.8 Å². The molecule has 0 amide bonds. The van der Waals surface area contributed by atoms with Gasteiger partial charge in [0.15, 0.2) is 0 Å². The first-order chi connectivity index (χ1) is 35.8. The molecule has 1 aliphatic heterocycles. The van der Waals surface area contributed by atoms with Crippen molar-refractivity contribution in [2.24, 2.45) is 0 Å². The molecule has 3 heterocycles. The van der Waals surface area contributed by atoms with Crippen LogP contribution < -0.4 is 14.5 Å². The van der Waals surface area contributed by atoms with Gasteiger partial charge >= 0.3 is 0 Å². The number of para-hydroxylation sites is 4. The summed E-state index contributed by atoms with van der Waals surface area (Å²) in [4.78, 5) is 9.14. The van der Waals surface area contributed by atoms with E-state index < -0.39 is 23.5 Å². The Balaban J connectivity index is 1.02. The van der Waals surface area contributed by atoms with Crippen molar-refractivity contribution in [2.75, 3.05) is 16.5 Å². The molecule has 0 aliphatic carbocycles. The zero-order chi connectivity index (χ0) is 52.8. The Morgan fingerprint density at radius 1 is 0.515 bits per heavy atom. The fourth-order valence-electron chi connectivity index (χ4n) is 9.23. The van der Waals surface area contributed by atoms with E-state index >= 15 is 0 Å². The molecule has 66 heavy (non-hydrogen) atoms. The number of nitrogens with zero attached hydrogens (tertiary/aromatic N) is 4. The highest BCUT2D eigenvalue weighted by Gasteiger charge is 2.32. The molecule has 0 fully saturated rings. The van der Waals surface area contributed by atoms with Crippen molar-refractivity contribution >= 4 is 44.6 Å². The molecule has 2 aromatic heterocycles. The summed E-state index contributed by atoms with van der Waals surface area (Å²) >= 11 is 0. The first-order valence-electron chi connectivity index (χ1n) is 26.6. The normalized spacial score (nSPS) is 14.7. The lowest BCUT2D eigenvalue weighted by Crippen LogP contribution is -2.25. The molecular weight excluding hydrogens is 805 g/mol. The highest BCUT2D eigenvalue weighted by Crippen LogP contribution is 2.50. The van der Waals surface area contributed by atoms with Gasteiger partial charge in [-0.05, 0) is 87.8 Å². The van der Waals surface area contributed by atoms with E-state index in [0.29, 0.717) is 57.0 Å². The zero-order valence-electron chi connectivity index (χ0n) is 46.4. The minimum atomic E-state index is -0.452. The number of hydrogen-bond acceptors (Lipinski definition) is 4. The summed E-state index contributed by atoms with van der Waals surface area (Å²) in [6.07, 6.45) is 1.74. The van der Waals surface area contributed by atoms with Crippen molar-refractivity contribution in [3.63, 3.8) is 0 Å². The van der Waals surface area contributed by atoms with E-state index in [1.165, 1.54) is 0 Å². The summed E-state index contributed by atoms with van der Waals surface area (Å²) in [5.41, 5.74) is 9.16. The van der Waals surface area contributed by atoms with Crippen LogP contribution in [0.25, 0.3) is 49.9 Å². The van der Waals surface area contributed by atoms with Crippen LogP contribution in [0.3, 0.4) is 0 Å². The van der Waals surface area contributed by atoms with Crippen molar-refractivity contribution in [1.82, 2.24) is 9.55 Å². The third-order valence-corrected chi connectivity index (χ3v) is 12.8. The predicted octanol–water partition coefficient (Wildman–Crippen LogP) is 16.2. The number of benzene rings is 8. The number of ether oxygens (including phenoxy) is 1. The summed E-state index contributed by atoms with van der Waals surface area (Å²) in [5.74, 6) is 1.49. The molecule has 1 aliphatic rings. The van der Waals surface area contributed by atoms with Crippen molar-refractivity contribution in [2.45, 2.75) is 45.4 Å². The van der Waals surface area contributed by atoms with Crippen molar-refractivity contribution in [1.29, 1.82) is 0 Å². The molecule has 0 saturated heterocycles. The lowest BCUT2D eigenvalue weighted by Gasteiger charge is -2.28. The van der Waals surface area contributed by atoms with Crippen LogP contribution in [0.15, 0.2) is 212 Å². The van der Waals surface area contributed by atoms with E-state index in [0.717, 1.165) is 44.9 Å². The van der Waals surface area contributed by atoms with E-state index in [-0.39, 0.29) is 47.2 Å². The van der Waals surface area contributed by atoms with Crippen LogP contribution in [0.4, 0.5) is 22.7 Å². The second-order valence-electron chi connectivity index (χ2n) is 18.2. The topological polar surface area (TPSA) is 33.5 Å². The zero-order valence-corrected chi connectivity index (χ0v) is 37.4. The number of rotatable bonds is 9. The number of aromatic nitrogens is 2. The standard InChI is InChI=1S/C61H52N4O/c1-60(2,3)45-24-16-21-43(37-45)51-29-18-28-50(42-19-8-6-9-20-42)59(51)64-41-63(55-31-14-15-32-56(55)64)47-25-17-26-48(39-47)66-49-33-34-53-52-27-12-13-30-54(52)65(57(53)40-49)58-38-46(35-36-62-58)61(4,5)44-22-10-7-11-23-44/h6-40H,41H2,1-5H3/i6D,8D,9D,12D,13D,19D,20D,27D,30D. The maximum Gasteiger partial charge on any atom is 0.137 e. The van der Waals surface area contributed by atoms with Gasteiger partial charge in [-0.2, -0.15) is 0 Å². The van der Waals surface area contributed by atoms with Crippen LogP contribution in [0.2, 0.25) is 0 Å². The highest BCUT2D eigenvalue weighted by atomic mass is 16.5. The number of fused-ring (bicyclic) bond motifs is 4. The minimum Gasteiger partial charge on any atom is -0.457 e. The van der Waals surface area contributed by atoms with Crippen LogP contribution in [0, 0.1) is 0 Å². The van der Waals surface area contributed by atoms with Crippen molar-refractivity contribution < 1.29 is 17.1 Å². The van der Waals surface area contributed by atoms with Crippen LogP contribution in [0.1, 0.15) is 63.6 Å². The number of hydrogen-bond donors (Lipinski definition) is 0. The summed E-state index contributed by atoms with van der Waals surface area (Å²) in [7, 11) is 0. The second kappa shape index (κ2) is 16.3. The largest absolute Gasteiger partial charge is 0.457 e. The molecular formula is C61H52N4O. The fraction of sp³-hybridized carbons (Fsp3) is 0.131. The summed E-state index contributed by atoms with van der Waals surface area (Å²) < 4.78 is 88.2. The average molecular weight is 866 g/mol. The fourth-order valence-corrected chi connectivity index (χ4v) is 9.23. The molecule has 11 rings (SSSR count). The Bertz CT molecular complexity index is 3910. The van der Waals surface area contributed by atoms with Gasteiger partial charge < -0.3 is 14.5 Å². The maximum absolute atomic E-state index is 9.19. The molecule has 0 spiro atoms. The first kappa shape index (κ1) is 31.9. The van der Waals surface area contributed by atoms with Crippen LogP contribution in [-0.2, 0) is 10.8 Å². The predicted molar refractivity (Wildman–Crippen MR) is 275 cm³/mol. The van der Waals surface area contributed by atoms with E-state index in [1.807, 2.05) is 120 Å². The van der Waals surface area contributed by atoms with Crippen molar-refractivity contribution in [3.8, 4) is 39.6 Å². The lowest BCUT2D eigenvalue weighted by atomic mass is 9.78. The van der Waals surface area contributed by atoms with Gasteiger partial charge in [-0.25, -0.2) is 4.98 Å². The summed E-state index contributed by atoms with van der Waals surface area (Å²) in [6, 6.07) is 46.7. The van der Waals surface area contributed by atoms with Crippen LogP contribution in [-0.4, -0.2) is 16.2 Å². The second-order valence-corrected chi connectivity index (χ2v) is 18.2. The summed E-state index contributed by atoms with van der Waals surface area (Å²) in [5, 5.41) is 1.00. The first-order valence-corrected chi connectivity index (χ1v) is 22.1. The van der Waals surface area contributed by atoms with E-state index in [9.17, 15) is 1.37 Å². The van der Waals surface area contributed by atoms with Gasteiger partial charge in [0.25, 0.3) is 0 Å². The third kappa shape index (κ3) is 7.27. The van der Waals surface area contributed by atoms with E-state index in [4.69, 9.17) is 20.7 Å². The van der Waals surface area contributed by atoms with Gasteiger partial charge in [0.05, 0.1) is 40.4 Å². The maximum atomic E-state index is 9.19. The molecule has 0 unspecified atom stereocenters. The molecule has 5 nitrogen and oxygen atoms in total. The molecule has 5 heteroatoms. The molecule has 322 valence electrons.